The molecule has 0 N–H and O–H groups in total. The van der Waals surface area contributed by atoms with Crippen molar-refractivity contribution in [1.82, 2.24) is 14.1 Å². The highest BCUT2D eigenvalue weighted by Crippen LogP contribution is 2.61. The molecule has 640 valence electrons. The zero-order valence-corrected chi connectivity index (χ0v) is 74.7. The van der Waals surface area contributed by atoms with Crippen molar-refractivity contribution in [1.29, 1.82) is 0 Å². The summed E-state index contributed by atoms with van der Waals surface area (Å²) >= 11 is 0. The molecule has 0 amide bonds. The van der Waals surface area contributed by atoms with Crippen LogP contribution in [0.2, 0.25) is 0 Å². The summed E-state index contributed by atoms with van der Waals surface area (Å²) in [6, 6.07) is 89.0. The van der Waals surface area contributed by atoms with Crippen molar-refractivity contribution in [2.75, 3.05) is 90.1 Å². The average Bonchev–Trinajstić information content (AvgIpc) is 1.50. The number of carbonyl (C=O) groups is 2. The SMILES string of the molecule is CC1OC2(c3ccc(N4CCc5ccccc54)cc3Oc3cc(N4CCc5ccccc54)ccc32)c2ccccc21.CCN(CC)c1ccc(C2(C=C(c3c(C)n(CC)c4ccccc34)c3c(C)n(CC)c4ccccc34)OC(=O)c3ccccc32)cc1.CCOc1cc(N(CC)CC)ccc1C1(c2ccc(N(CC)CC)cc2OCC)OC(=O)c2cccnc21. The number of para-hydroxylation sites is 4. The van der Waals surface area contributed by atoms with Crippen LogP contribution in [0.1, 0.15) is 187 Å². The van der Waals surface area contributed by atoms with Gasteiger partial charge < -0.3 is 62.1 Å². The second-order valence-electron chi connectivity index (χ2n) is 33.0. The monoisotopic (exact) mass is 1670 g/mol. The van der Waals surface area contributed by atoms with E-state index in [-0.39, 0.29) is 12.1 Å². The predicted molar refractivity (Wildman–Crippen MR) is 509 cm³/mol. The maximum atomic E-state index is 13.8. The predicted octanol–water partition coefficient (Wildman–Crippen LogP) is 24.2. The Morgan fingerprint density at radius 3 is 1.43 bits per heavy atom. The molecular weight excluding hydrogens is 1560 g/mol. The normalized spacial score (nSPS) is 16.1. The van der Waals surface area contributed by atoms with Gasteiger partial charge in [-0.25, -0.2) is 9.59 Å². The molecule has 3 aromatic heterocycles. The summed E-state index contributed by atoms with van der Waals surface area (Å²) in [6.45, 7) is 37.7. The lowest BCUT2D eigenvalue weighted by Gasteiger charge is -2.39. The van der Waals surface area contributed by atoms with Crippen molar-refractivity contribution in [3.63, 3.8) is 0 Å². The van der Waals surface area contributed by atoms with E-state index in [9.17, 15) is 9.59 Å². The number of nitrogens with zero attached hydrogens (tertiary/aromatic N) is 8. The molecule has 2 unspecified atom stereocenters. The van der Waals surface area contributed by atoms with Crippen LogP contribution in [0.5, 0.6) is 23.0 Å². The number of esters is 2. The first-order chi connectivity index (χ1) is 61.6. The number of anilines is 7. The summed E-state index contributed by atoms with van der Waals surface area (Å²) in [4.78, 5) is 43.5. The number of carbonyl (C=O) groups excluding carboxylic acids is 2. The highest BCUT2D eigenvalue weighted by Gasteiger charge is 2.55. The van der Waals surface area contributed by atoms with Crippen molar-refractivity contribution in [3.8, 4) is 23.0 Å². The minimum Gasteiger partial charge on any atom is -0.493 e. The number of cyclic esters (lactones) is 2. The fourth-order valence-corrected chi connectivity index (χ4v) is 20.9. The van der Waals surface area contributed by atoms with Gasteiger partial charge in [0.25, 0.3) is 0 Å². The molecule has 0 aliphatic carbocycles. The molecule has 0 fully saturated rings. The zero-order chi connectivity index (χ0) is 87.3. The standard InChI is InChI=1S/C42H43N3O2.C37H30N2O2.C31H39N3O4/c1-7-43(8-2)31-25-23-30(24-26-31)42(36-20-14-11-17-32(36)41(46)47-42)27-35(39-28(5)44(9-3)37-21-15-12-18-33(37)39)40-29(6)45(10-4)38-22-16-13-19-34(38)40;1-24-29-10-4-5-11-30(29)37(41-24)31-16-14-27(38-20-18-25-8-2-6-12-33(25)38)22-35(31)40-36-23-28(15-17-32(36)37)39-21-19-26-9-3-7-13-34(26)39;1-7-33(8-2)22-15-17-25(27(20-22)36-11-5)31(29-24(30(35)38-31)14-13-19-32-29)26-18-16-23(34(9-3)10-4)21-28(26)37-12-6/h11-27H,7-10H2,1-6H3;2-17,22-24H,18-21H2,1H3;13-21H,7-12H2,1-6H3. The molecule has 2 atom stereocenters. The molecule has 0 radical (unpaired) electrons. The first kappa shape index (κ1) is 83.6. The van der Waals surface area contributed by atoms with E-state index < -0.39 is 22.8 Å². The van der Waals surface area contributed by atoms with Gasteiger partial charge in [0.05, 0.1) is 30.4 Å². The summed E-state index contributed by atoms with van der Waals surface area (Å²) in [7, 11) is 0. The van der Waals surface area contributed by atoms with Crippen LogP contribution in [0.15, 0.2) is 267 Å². The lowest BCUT2D eigenvalue weighted by atomic mass is 9.77. The van der Waals surface area contributed by atoms with Crippen molar-refractivity contribution in [2.24, 2.45) is 0 Å². The summed E-state index contributed by atoms with van der Waals surface area (Å²) < 4.78 is 44.2. The molecule has 9 heterocycles. The number of fused-ring (bicyclic) bond motifs is 12. The van der Waals surface area contributed by atoms with Crippen molar-refractivity contribution in [2.45, 2.75) is 139 Å². The van der Waals surface area contributed by atoms with Crippen molar-refractivity contribution < 1.29 is 38.0 Å². The van der Waals surface area contributed by atoms with Crippen molar-refractivity contribution >= 4 is 79.1 Å². The summed E-state index contributed by atoms with van der Waals surface area (Å²) in [5.74, 6) is 2.31. The average molecular weight is 1670 g/mol. The van der Waals surface area contributed by atoms with Crippen LogP contribution in [-0.2, 0) is 56.9 Å². The second kappa shape index (κ2) is 34.7. The highest BCUT2D eigenvalue weighted by molar-refractivity contribution is 6.07. The molecule has 16 nitrogen and oxygen atoms in total. The molecule has 6 aliphatic heterocycles. The van der Waals surface area contributed by atoms with Crippen LogP contribution in [0, 0.1) is 13.8 Å². The van der Waals surface area contributed by atoms with Gasteiger partial charge in [-0.3, -0.25) is 4.98 Å². The van der Waals surface area contributed by atoms with E-state index in [0.717, 1.165) is 157 Å². The van der Waals surface area contributed by atoms with E-state index in [1.807, 2.05) is 56.3 Å². The van der Waals surface area contributed by atoms with Gasteiger partial charge in [-0.15, -0.1) is 0 Å². The van der Waals surface area contributed by atoms with Crippen LogP contribution in [0.3, 0.4) is 0 Å². The number of rotatable bonds is 23. The second-order valence-corrected chi connectivity index (χ2v) is 33.0. The third-order valence-corrected chi connectivity index (χ3v) is 26.8. The molecule has 11 aromatic carbocycles. The maximum absolute atomic E-state index is 13.8. The first-order valence-corrected chi connectivity index (χ1v) is 45.3. The van der Waals surface area contributed by atoms with Gasteiger partial charge in [-0.05, 0) is 240 Å². The van der Waals surface area contributed by atoms with E-state index in [0.29, 0.717) is 41.5 Å². The number of pyridine rings is 1. The molecule has 0 saturated carbocycles. The van der Waals surface area contributed by atoms with E-state index >= 15 is 0 Å². The number of aromatic nitrogens is 3. The highest BCUT2D eigenvalue weighted by atomic mass is 16.6. The Bertz CT molecular complexity index is 6240. The molecule has 0 bridgehead atoms. The number of hydrogen-bond donors (Lipinski definition) is 0. The van der Waals surface area contributed by atoms with Crippen LogP contribution < -0.4 is 38.7 Å². The first-order valence-electron chi connectivity index (χ1n) is 45.3. The third kappa shape index (κ3) is 13.9. The number of aryl methyl sites for hydroxylation is 2. The number of benzene rings is 11. The summed E-state index contributed by atoms with van der Waals surface area (Å²) in [5, 5.41) is 2.38. The largest absolute Gasteiger partial charge is 0.493 e. The quantitative estimate of drug-likeness (QED) is 0.0563. The van der Waals surface area contributed by atoms with Gasteiger partial charge in [-0.1, -0.05) is 127 Å². The van der Waals surface area contributed by atoms with E-state index in [4.69, 9.17) is 33.4 Å². The maximum Gasteiger partial charge on any atom is 0.341 e. The van der Waals surface area contributed by atoms with Gasteiger partial charge in [0.15, 0.2) is 11.2 Å². The van der Waals surface area contributed by atoms with E-state index in [1.54, 1.807) is 18.3 Å². The summed E-state index contributed by atoms with van der Waals surface area (Å²) in [6.07, 6.45) is 6.03. The molecule has 126 heavy (non-hydrogen) atoms. The topological polar surface area (TPSA) is 128 Å². The van der Waals surface area contributed by atoms with Gasteiger partial charge >= 0.3 is 11.9 Å². The van der Waals surface area contributed by atoms with Crippen LogP contribution >= 0.6 is 0 Å². The Hall–Kier alpha value is -13.3. The van der Waals surface area contributed by atoms with E-state index in [1.165, 1.54) is 77.9 Å². The van der Waals surface area contributed by atoms with Crippen LogP contribution in [0.4, 0.5) is 39.8 Å². The smallest absolute Gasteiger partial charge is 0.341 e. The molecular formula is C110H112N8O8. The Labute approximate surface area is 740 Å². The van der Waals surface area contributed by atoms with Crippen molar-refractivity contribution in [3.05, 3.63) is 362 Å². The van der Waals surface area contributed by atoms with Crippen LogP contribution in [0.25, 0.3) is 27.4 Å². The Balaban J connectivity index is 0.000000129. The molecule has 14 aromatic rings. The molecule has 16 heteroatoms. The minimum absolute atomic E-state index is 0.0275. The fraction of sp³-hybridized carbons (Fsp3) is 0.282. The van der Waals surface area contributed by atoms with E-state index in [2.05, 4.69) is 316 Å². The Kier molecular flexibility index (Phi) is 23.0. The summed E-state index contributed by atoms with van der Waals surface area (Å²) in [5.41, 5.74) is 25.3. The van der Waals surface area contributed by atoms with Gasteiger partial charge in [0, 0.05) is 213 Å². The lowest BCUT2D eigenvalue weighted by molar-refractivity contribution is -0.0183. The lowest BCUT2D eigenvalue weighted by Crippen LogP contribution is -2.33. The molecule has 1 spiro atoms. The fourth-order valence-electron chi connectivity index (χ4n) is 20.9. The molecule has 6 aliphatic rings. The van der Waals surface area contributed by atoms with Crippen LogP contribution in [-0.4, -0.2) is 91.6 Å². The van der Waals surface area contributed by atoms with Gasteiger partial charge in [0.1, 0.15) is 28.7 Å². The Morgan fingerprint density at radius 2 is 0.905 bits per heavy atom. The third-order valence-electron chi connectivity index (χ3n) is 26.8. The number of ether oxygens (including phenoxy) is 6. The number of hydrogen-bond acceptors (Lipinski definition) is 14. The molecule has 20 rings (SSSR count). The minimum atomic E-state index is -1.33. The van der Waals surface area contributed by atoms with Gasteiger partial charge in [-0.2, -0.15) is 0 Å². The zero-order valence-electron chi connectivity index (χ0n) is 74.7. The Morgan fingerprint density at radius 1 is 0.452 bits per heavy atom. The molecule has 0 saturated heterocycles. The van der Waals surface area contributed by atoms with Gasteiger partial charge in [0.2, 0.25) is 5.60 Å².